The zero-order valence-electron chi connectivity index (χ0n) is 19.3. The Bertz CT molecular complexity index is 1270. The number of amides is 2. The van der Waals surface area contributed by atoms with Gasteiger partial charge in [0.25, 0.3) is 11.8 Å². The number of carbonyl (C=O) groups is 3. The molecule has 2 aromatic carbocycles. The molecule has 0 atom stereocenters. The third kappa shape index (κ3) is 5.48. The molecule has 0 saturated heterocycles. The Morgan fingerprint density at radius 2 is 2.06 bits per heavy atom. The van der Waals surface area contributed by atoms with Gasteiger partial charge in [-0.15, -0.1) is 0 Å². The van der Waals surface area contributed by atoms with Crippen LogP contribution in [0.25, 0.3) is 0 Å². The van der Waals surface area contributed by atoms with E-state index in [1.54, 1.807) is 19.1 Å². The van der Waals surface area contributed by atoms with Crippen molar-refractivity contribution in [2.75, 3.05) is 24.7 Å². The van der Waals surface area contributed by atoms with Gasteiger partial charge in [0.1, 0.15) is 30.1 Å². The molecule has 1 N–H and O–H groups in total. The highest BCUT2D eigenvalue weighted by atomic mass is 19.1. The molecule has 0 bridgehead atoms. The van der Waals surface area contributed by atoms with Crippen molar-refractivity contribution in [2.24, 2.45) is 0 Å². The molecule has 1 aliphatic heterocycles. The first-order valence-electron chi connectivity index (χ1n) is 11.1. The number of carbonyl (C=O) groups excluding carboxylic acids is 3. The van der Waals surface area contributed by atoms with E-state index in [-0.39, 0.29) is 54.8 Å². The summed E-state index contributed by atoms with van der Waals surface area (Å²) in [6.45, 7) is 3.64. The number of aromatic nitrogens is 1. The van der Waals surface area contributed by atoms with Crippen LogP contribution >= 0.6 is 0 Å². The van der Waals surface area contributed by atoms with Gasteiger partial charge in [-0.2, -0.15) is 0 Å². The van der Waals surface area contributed by atoms with Crippen LogP contribution in [0.2, 0.25) is 0 Å². The zero-order valence-corrected chi connectivity index (χ0v) is 19.3. The van der Waals surface area contributed by atoms with Crippen LogP contribution < -0.4 is 19.7 Å². The number of oxazole rings is 1. The van der Waals surface area contributed by atoms with Gasteiger partial charge in [-0.25, -0.2) is 9.37 Å². The smallest absolute Gasteiger partial charge is 0.273 e. The molecular weight excluding hydrogens is 457 g/mol. The average molecular weight is 481 g/mol. The fourth-order valence-electron chi connectivity index (χ4n) is 3.50. The summed E-state index contributed by atoms with van der Waals surface area (Å²) >= 11 is 0. The monoisotopic (exact) mass is 481 g/mol. The Hall–Kier alpha value is -4.21. The number of benzene rings is 2. The largest absolute Gasteiger partial charge is 0.485 e. The van der Waals surface area contributed by atoms with Crippen molar-refractivity contribution in [3.8, 4) is 11.5 Å². The molecule has 1 aromatic heterocycles. The van der Waals surface area contributed by atoms with Crippen LogP contribution in [0, 0.1) is 12.7 Å². The van der Waals surface area contributed by atoms with Crippen LogP contribution in [0.4, 0.5) is 10.1 Å². The second-order valence-electron chi connectivity index (χ2n) is 7.96. The summed E-state index contributed by atoms with van der Waals surface area (Å²) in [5.74, 6) is -0.444. The predicted octanol–water partition coefficient (Wildman–Crippen LogP) is 3.45. The lowest BCUT2D eigenvalue weighted by atomic mass is 10.1. The molecular formula is C25H24FN3O6. The summed E-state index contributed by atoms with van der Waals surface area (Å²) in [7, 11) is 0. The number of aryl methyl sites for hydroxylation is 1. The van der Waals surface area contributed by atoms with Crippen LogP contribution in [0.15, 0.2) is 47.1 Å². The van der Waals surface area contributed by atoms with Crippen LogP contribution in [-0.2, 0) is 11.3 Å². The first kappa shape index (κ1) is 23.9. The van der Waals surface area contributed by atoms with E-state index >= 15 is 0 Å². The lowest BCUT2D eigenvalue weighted by Crippen LogP contribution is -2.38. The number of nitrogens with one attached hydrogen (secondary N) is 1. The van der Waals surface area contributed by atoms with E-state index in [1.807, 2.05) is 6.92 Å². The summed E-state index contributed by atoms with van der Waals surface area (Å²) in [6, 6.07) is 8.76. The maximum atomic E-state index is 13.3. The van der Waals surface area contributed by atoms with Crippen molar-refractivity contribution in [1.82, 2.24) is 10.3 Å². The number of anilines is 1. The number of ketones is 1. The van der Waals surface area contributed by atoms with Gasteiger partial charge in [-0.3, -0.25) is 19.3 Å². The van der Waals surface area contributed by atoms with Gasteiger partial charge >= 0.3 is 0 Å². The van der Waals surface area contributed by atoms with E-state index < -0.39 is 0 Å². The quantitative estimate of drug-likeness (QED) is 0.466. The minimum atomic E-state index is -0.389. The van der Waals surface area contributed by atoms with E-state index in [4.69, 9.17) is 13.9 Å². The van der Waals surface area contributed by atoms with E-state index in [0.717, 1.165) is 6.42 Å². The maximum Gasteiger partial charge on any atom is 0.273 e. The van der Waals surface area contributed by atoms with Crippen LogP contribution in [0.1, 0.15) is 45.6 Å². The fourth-order valence-corrected chi connectivity index (χ4v) is 3.50. The summed E-state index contributed by atoms with van der Waals surface area (Å²) in [5, 5.41) is 2.71. The Kier molecular flexibility index (Phi) is 7.09. The van der Waals surface area contributed by atoms with E-state index in [2.05, 4.69) is 10.3 Å². The molecule has 0 aliphatic carbocycles. The number of halogens is 1. The van der Waals surface area contributed by atoms with Crippen molar-refractivity contribution in [1.29, 1.82) is 0 Å². The summed E-state index contributed by atoms with van der Waals surface area (Å²) in [5.41, 5.74) is 1.37. The second kappa shape index (κ2) is 10.4. The van der Waals surface area contributed by atoms with Crippen LogP contribution in [-0.4, -0.2) is 42.3 Å². The molecule has 182 valence electrons. The minimum Gasteiger partial charge on any atom is -0.485 e. The van der Waals surface area contributed by atoms with Crippen molar-refractivity contribution in [3.05, 3.63) is 71.2 Å². The van der Waals surface area contributed by atoms with Gasteiger partial charge in [-0.1, -0.05) is 6.92 Å². The van der Waals surface area contributed by atoms with Gasteiger partial charge in [0.15, 0.2) is 24.7 Å². The normalized spacial score (nSPS) is 12.7. The predicted molar refractivity (Wildman–Crippen MR) is 123 cm³/mol. The molecule has 0 spiro atoms. The van der Waals surface area contributed by atoms with E-state index in [9.17, 15) is 18.8 Å². The van der Waals surface area contributed by atoms with Crippen LogP contribution in [0.3, 0.4) is 0 Å². The fraction of sp³-hybridized carbons (Fsp3) is 0.280. The Morgan fingerprint density at radius 1 is 1.23 bits per heavy atom. The van der Waals surface area contributed by atoms with Gasteiger partial charge in [-0.05, 0) is 55.3 Å². The SMILES string of the molecule is CCCNC(=O)c1coc(CN2C(=O)COc3ccc(C(=O)COc4ccc(F)cc4C)cc32)n1. The van der Waals surface area contributed by atoms with Crippen molar-refractivity contribution in [3.63, 3.8) is 0 Å². The third-order valence-corrected chi connectivity index (χ3v) is 5.33. The number of hydrogen-bond donors (Lipinski definition) is 1. The number of hydrogen-bond acceptors (Lipinski definition) is 7. The zero-order chi connectivity index (χ0) is 24.9. The number of fused-ring (bicyclic) bond motifs is 1. The Morgan fingerprint density at radius 3 is 2.83 bits per heavy atom. The van der Waals surface area contributed by atoms with Gasteiger partial charge in [0, 0.05) is 12.1 Å². The second-order valence-corrected chi connectivity index (χ2v) is 7.96. The molecule has 35 heavy (non-hydrogen) atoms. The molecule has 2 heterocycles. The van der Waals surface area contributed by atoms with Gasteiger partial charge < -0.3 is 19.2 Å². The highest BCUT2D eigenvalue weighted by Crippen LogP contribution is 2.34. The first-order chi connectivity index (χ1) is 16.9. The molecule has 0 unspecified atom stereocenters. The minimum absolute atomic E-state index is 0.0425. The topological polar surface area (TPSA) is 111 Å². The highest BCUT2D eigenvalue weighted by Gasteiger charge is 2.28. The molecule has 0 fully saturated rings. The lowest BCUT2D eigenvalue weighted by Gasteiger charge is -2.28. The number of nitrogens with zero attached hydrogens (tertiary/aromatic N) is 2. The molecule has 10 heteroatoms. The Labute approximate surface area is 200 Å². The molecule has 0 saturated carbocycles. The lowest BCUT2D eigenvalue weighted by molar-refractivity contribution is -0.121. The number of rotatable bonds is 9. The molecule has 1 aliphatic rings. The van der Waals surface area contributed by atoms with Crippen molar-refractivity contribution in [2.45, 2.75) is 26.8 Å². The maximum absolute atomic E-state index is 13.3. The number of ether oxygens (including phenoxy) is 2. The molecule has 9 nitrogen and oxygen atoms in total. The molecule has 2 amide bonds. The molecule has 4 rings (SSSR count). The van der Waals surface area contributed by atoms with Gasteiger partial charge in [0.05, 0.1) is 5.69 Å². The Balaban J connectivity index is 1.50. The summed E-state index contributed by atoms with van der Waals surface area (Å²) < 4.78 is 29.7. The van der Waals surface area contributed by atoms with E-state index in [1.165, 1.54) is 35.4 Å². The standard InChI is InChI=1S/C25H24FN3O6/c1-3-8-27-25(32)18-12-35-23(28-18)11-29-19-10-16(4-6-22(19)34-14-24(29)31)20(30)13-33-21-7-5-17(26)9-15(21)2/h4-7,9-10,12H,3,8,11,13-14H2,1-2H3,(H,27,32). The molecule has 0 radical (unpaired) electrons. The van der Waals surface area contributed by atoms with Crippen LogP contribution in [0.5, 0.6) is 11.5 Å². The van der Waals surface area contributed by atoms with Crippen molar-refractivity contribution < 1.29 is 32.7 Å². The summed E-state index contributed by atoms with van der Waals surface area (Å²) in [6.07, 6.45) is 2.02. The van der Waals surface area contributed by atoms with Gasteiger partial charge in [0.2, 0.25) is 5.89 Å². The first-order valence-corrected chi connectivity index (χ1v) is 11.1. The summed E-state index contributed by atoms with van der Waals surface area (Å²) in [4.78, 5) is 43.0. The highest BCUT2D eigenvalue weighted by molar-refractivity contribution is 6.02. The third-order valence-electron chi connectivity index (χ3n) is 5.33. The number of Topliss-reactive ketones (excluding diaryl/α,β-unsaturated/α-hetero) is 1. The molecule has 3 aromatic rings. The van der Waals surface area contributed by atoms with Crippen molar-refractivity contribution >= 4 is 23.3 Å². The van der Waals surface area contributed by atoms with E-state index in [0.29, 0.717) is 34.9 Å². The average Bonchev–Trinajstić information content (AvgIpc) is 3.32.